The monoisotopic (exact) mass is 536 g/mol. The Kier molecular flexibility index (Phi) is 13.6. The van der Waals surface area contributed by atoms with Gasteiger partial charge in [0.2, 0.25) is 0 Å². The zero-order valence-electron chi connectivity index (χ0n) is 17.8. The van der Waals surface area contributed by atoms with Gasteiger partial charge in [-0.15, -0.1) is 24.0 Å². The number of aryl methyl sites for hydroxylation is 1. The van der Waals surface area contributed by atoms with Crippen LogP contribution in [0.15, 0.2) is 23.2 Å². The molecule has 1 saturated heterocycles. The van der Waals surface area contributed by atoms with Crippen LogP contribution >= 0.6 is 24.0 Å². The fourth-order valence-electron chi connectivity index (χ4n) is 2.86. The topological polar surface area (TPSA) is 84.0 Å². The van der Waals surface area contributed by atoms with Gasteiger partial charge in [0, 0.05) is 50.9 Å². The van der Waals surface area contributed by atoms with Gasteiger partial charge in [0.05, 0.1) is 13.2 Å². The molecular weight excluding hydrogens is 502 g/mol. The summed E-state index contributed by atoms with van der Waals surface area (Å²) in [6.07, 6.45) is 1.93. The smallest absolute Gasteiger partial charge is 0.251 e. The first-order chi connectivity index (χ1) is 14.1. The molecule has 1 aromatic rings. The van der Waals surface area contributed by atoms with Crippen LogP contribution < -0.4 is 16.0 Å². The van der Waals surface area contributed by atoms with Crippen LogP contribution in [0.2, 0.25) is 0 Å². The van der Waals surface area contributed by atoms with Crippen molar-refractivity contribution in [3.63, 3.8) is 0 Å². The average Bonchev–Trinajstić information content (AvgIpc) is 3.23. The second kappa shape index (κ2) is 15.4. The van der Waals surface area contributed by atoms with Gasteiger partial charge < -0.3 is 25.4 Å². The Labute approximate surface area is 195 Å². The Morgan fingerprint density at radius 3 is 2.80 bits per heavy atom. The van der Waals surface area contributed by atoms with E-state index in [0.29, 0.717) is 49.2 Å². The van der Waals surface area contributed by atoms with Gasteiger partial charge in [0.1, 0.15) is 5.82 Å². The molecule has 0 radical (unpaired) electrons. The molecule has 0 bridgehead atoms. The molecule has 1 heterocycles. The molecule has 170 valence electrons. The maximum atomic E-state index is 13.6. The Hall–Kier alpha value is -1.46. The molecule has 0 spiro atoms. The molecule has 1 aromatic carbocycles. The number of benzene rings is 1. The quantitative estimate of drug-likeness (QED) is 0.175. The fraction of sp³-hybridized carbons (Fsp3) is 0.619. The Morgan fingerprint density at radius 1 is 1.30 bits per heavy atom. The Morgan fingerprint density at radius 2 is 2.10 bits per heavy atom. The van der Waals surface area contributed by atoms with Crippen LogP contribution in [-0.2, 0) is 9.47 Å². The maximum absolute atomic E-state index is 13.6. The number of carbonyl (C=O) groups excluding carboxylic acids is 1. The van der Waals surface area contributed by atoms with E-state index in [1.165, 1.54) is 6.07 Å². The molecule has 0 saturated carbocycles. The zero-order chi connectivity index (χ0) is 20.9. The van der Waals surface area contributed by atoms with Crippen molar-refractivity contribution < 1.29 is 18.7 Å². The van der Waals surface area contributed by atoms with Crippen LogP contribution in [0, 0.1) is 18.7 Å². The van der Waals surface area contributed by atoms with Crippen molar-refractivity contribution in [1.29, 1.82) is 0 Å². The van der Waals surface area contributed by atoms with E-state index in [4.69, 9.17) is 9.47 Å². The summed E-state index contributed by atoms with van der Waals surface area (Å²) in [5.74, 6) is 0.562. The van der Waals surface area contributed by atoms with Gasteiger partial charge in [0.15, 0.2) is 5.96 Å². The third kappa shape index (κ3) is 10.0. The van der Waals surface area contributed by atoms with Crippen LogP contribution in [0.25, 0.3) is 0 Å². The minimum absolute atomic E-state index is 0. The van der Waals surface area contributed by atoms with E-state index in [1.807, 2.05) is 6.92 Å². The first-order valence-corrected chi connectivity index (χ1v) is 10.3. The molecule has 0 aliphatic carbocycles. The van der Waals surface area contributed by atoms with E-state index in [9.17, 15) is 9.18 Å². The lowest BCUT2D eigenvalue weighted by atomic mass is 10.1. The summed E-state index contributed by atoms with van der Waals surface area (Å²) in [6, 6.07) is 4.48. The van der Waals surface area contributed by atoms with Crippen molar-refractivity contribution in [3.8, 4) is 0 Å². The maximum Gasteiger partial charge on any atom is 0.251 e. The van der Waals surface area contributed by atoms with Gasteiger partial charge in [-0.05, 0) is 44.4 Å². The molecule has 30 heavy (non-hydrogen) atoms. The predicted molar refractivity (Wildman–Crippen MR) is 127 cm³/mol. The summed E-state index contributed by atoms with van der Waals surface area (Å²) >= 11 is 0. The largest absolute Gasteiger partial charge is 0.381 e. The van der Waals surface area contributed by atoms with Crippen LogP contribution in [0.5, 0.6) is 0 Å². The minimum atomic E-state index is -0.377. The lowest BCUT2D eigenvalue weighted by Gasteiger charge is -2.12. The summed E-state index contributed by atoms with van der Waals surface area (Å²) in [6.45, 7) is 9.09. The summed E-state index contributed by atoms with van der Waals surface area (Å²) < 4.78 is 24.6. The van der Waals surface area contributed by atoms with E-state index >= 15 is 0 Å². The first-order valence-electron chi connectivity index (χ1n) is 10.3. The van der Waals surface area contributed by atoms with Crippen LogP contribution in [0.1, 0.15) is 35.7 Å². The van der Waals surface area contributed by atoms with E-state index in [1.54, 1.807) is 19.1 Å². The zero-order valence-corrected chi connectivity index (χ0v) is 20.2. The van der Waals surface area contributed by atoms with Gasteiger partial charge >= 0.3 is 0 Å². The summed E-state index contributed by atoms with van der Waals surface area (Å²) in [5.41, 5.74) is 0.838. The number of rotatable bonds is 11. The van der Waals surface area contributed by atoms with Crippen LogP contribution in [0.4, 0.5) is 4.39 Å². The highest BCUT2D eigenvalue weighted by atomic mass is 127. The van der Waals surface area contributed by atoms with Gasteiger partial charge in [0.25, 0.3) is 5.91 Å². The lowest BCUT2D eigenvalue weighted by molar-refractivity contribution is 0.0893. The number of aliphatic imine (C=N–C) groups is 1. The normalized spacial score (nSPS) is 16.1. The molecule has 1 aliphatic rings. The molecule has 2 rings (SSSR count). The lowest BCUT2D eigenvalue weighted by Crippen LogP contribution is -2.41. The van der Waals surface area contributed by atoms with E-state index < -0.39 is 0 Å². The SMILES string of the molecule is CCNC(=NCCCOCC1CCOC1)NCCNC(=O)c1ccc(C)c(F)c1.I. The van der Waals surface area contributed by atoms with Gasteiger partial charge in [-0.2, -0.15) is 0 Å². The average molecular weight is 536 g/mol. The Balaban J connectivity index is 0.00000450. The van der Waals surface area contributed by atoms with Crippen molar-refractivity contribution in [2.24, 2.45) is 10.9 Å². The number of guanidine groups is 1. The molecule has 1 fully saturated rings. The number of ether oxygens (including phenoxy) is 2. The molecule has 0 aromatic heterocycles. The minimum Gasteiger partial charge on any atom is -0.381 e. The molecule has 1 amide bonds. The predicted octanol–water partition coefficient (Wildman–Crippen LogP) is 2.48. The number of carbonyl (C=O) groups is 1. The first kappa shape index (κ1) is 26.6. The van der Waals surface area contributed by atoms with Crippen molar-refractivity contribution in [1.82, 2.24) is 16.0 Å². The van der Waals surface area contributed by atoms with E-state index in [2.05, 4.69) is 20.9 Å². The molecule has 7 nitrogen and oxygen atoms in total. The van der Waals surface area contributed by atoms with Crippen molar-refractivity contribution in [2.45, 2.75) is 26.7 Å². The van der Waals surface area contributed by atoms with Gasteiger partial charge in [-0.25, -0.2) is 4.39 Å². The molecule has 3 N–H and O–H groups in total. The summed E-state index contributed by atoms with van der Waals surface area (Å²) in [5, 5.41) is 9.12. The van der Waals surface area contributed by atoms with Crippen molar-refractivity contribution in [3.05, 3.63) is 35.1 Å². The molecule has 1 aliphatic heterocycles. The highest BCUT2D eigenvalue weighted by molar-refractivity contribution is 14.0. The number of hydrogen-bond donors (Lipinski definition) is 3. The van der Waals surface area contributed by atoms with Gasteiger partial charge in [-0.3, -0.25) is 9.79 Å². The van der Waals surface area contributed by atoms with Crippen LogP contribution in [0.3, 0.4) is 0 Å². The number of nitrogens with one attached hydrogen (secondary N) is 3. The van der Waals surface area contributed by atoms with Crippen LogP contribution in [-0.4, -0.2) is 64.5 Å². The number of nitrogens with zero attached hydrogens (tertiary/aromatic N) is 1. The van der Waals surface area contributed by atoms with Gasteiger partial charge in [-0.1, -0.05) is 6.07 Å². The number of amides is 1. The van der Waals surface area contributed by atoms with E-state index in [0.717, 1.165) is 39.2 Å². The molecular formula is C21H34FIN4O3. The Bertz CT molecular complexity index is 670. The fourth-order valence-corrected chi connectivity index (χ4v) is 2.86. The highest BCUT2D eigenvalue weighted by Crippen LogP contribution is 2.12. The molecule has 1 atom stereocenters. The standard InChI is InChI=1S/C21H33FN4O3.HI/c1-3-23-21(25-8-4-11-28-14-17-7-12-29-15-17)26-10-9-24-20(27)18-6-5-16(2)19(22)13-18;/h5-6,13,17H,3-4,7-12,14-15H2,1-2H3,(H,24,27)(H2,23,25,26);1H. The van der Waals surface area contributed by atoms with Crippen molar-refractivity contribution >= 4 is 35.8 Å². The molecule has 1 unspecified atom stereocenters. The number of halogens is 2. The van der Waals surface area contributed by atoms with Crippen molar-refractivity contribution in [2.75, 3.05) is 52.6 Å². The highest BCUT2D eigenvalue weighted by Gasteiger charge is 2.15. The second-order valence-corrected chi connectivity index (χ2v) is 7.07. The number of hydrogen-bond acceptors (Lipinski definition) is 4. The second-order valence-electron chi connectivity index (χ2n) is 7.07. The molecule has 9 heteroatoms. The summed E-state index contributed by atoms with van der Waals surface area (Å²) in [4.78, 5) is 16.6. The summed E-state index contributed by atoms with van der Waals surface area (Å²) in [7, 11) is 0. The van der Waals surface area contributed by atoms with E-state index in [-0.39, 0.29) is 35.7 Å². The third-order valence-electron chi connectivity index (χ3n) is 4.58. The third-order valence-corrected chi connectivity index (χ3v) is 4.58.